The quantitative estimate of drug-likeness (QED) is 0.642. The largest absolute Gasteiger partial charge is 0.393 e. The van der Waals surface area contributed by atoms with Crippen molar-refractivity contribution in [2.45, 2.75) is 82.5 Å². The van der Waals surface area contributed by atoms with Crippen LogP contribution in [-0.4, -0.2) is 21.7 Å². The third kappa shape index (κ3) is 1.78. The van der Waals surface area contributed by atoms with E-state index >= 15 is 0 Å². The van der Waals surface area contributed by atoms with Crippen molar-refractivity contribution in [2.75, 3.05) is 5.75 Å². The smallest absolute Gasteiger partial charge is 0.0596 e. The first-order chi connectivity index (χ1) is 10.5. The molecule has 2 heteroatoms. The van der Waals surface area contributed by atoms with Crippen molar-refractivity contribution in [3.63, 3.8) is 0 Å². The normalized spacial score (nSPS) is 63.1. The average Bonchev–Trinajstić information content (AvgIpc) is 3.19. The minimum atomic E-state index is -0.0125. The monoisotopic (exact) mass is 320 g/mol. The van der Waals surface area contributed by atoms with Crippen molar-refractivity contribution < 1.29 is 5.11 Å². The Hall–Kier alpha value is 0.310. The number of hydrogen-bond acceptors (Lipinski definition) is 2. The van der Waals surface area contributed by atoms with Gasteiger partial charge in [-0.05, 0) is 92.3 Å². The molecule has 8 atom stereocenters. The van der Waals surface area contributed by atoms with Gasteiger partial charge in [0.1, 0.15) is 0 Å². The summed E-state index contributed by atoms with van der Waals surface area (Å²) >= 11 is 2.26. The Morgan fingerprint density at radius 1 is 0.864 bits per heavy atom. The topological polar surface area (TPSA) is 20.2 Å². The van der Waals surface area contributed by atoms with Crippen molar-refractivity contribution in [3.05, 3.63) is 0 Å². The number of rotatable bonds is 0. The molecule has 0 amide bonds. The van der Waals surface area contributed by atoms with E-state index in [9.17, 15) is 5.11 Å². The van der Waals surface area contributed by atoms with Crippen molar-refractivity contribution >= 4 is 11.8 Å². The third-order valence-corrected chi connectivity index (χ3v) is 10.8. The summed E-state index contributed by atoms with van der Waals surface area (Å²) in [6, 6.07) is 0. The second-order valence-corrected chi connectivity index (χ2v) is 11.4. The van der Waals surface area contributed by atoms with Gasteiger partial charge in [-0.1, -0.05) is 13.8 Å². The predicted molar refractivity (Wildman–Crippen MR) is 92.9 cm³/mol. The van der Waals surface area contributed by atoms with Crippen LogP contribution in [-0.2, 0) is 0 Å². The number of fused-ring (bicyclic) bond motifs is 5. The van der Waals surface area contributed by atoms with Crippen molar-refractivity contribution in [2.24, 2.45) is 34.5 Å². The zero-order chi connectivity index (χ0) is 15.2. The maximum absolute atomic E-state index is 10.5. The van der Waals surface area contributed by atoms with Gasteiger partial charge in [0.15, 0.2) is 0 Å². The molecule has 5 aliphatic rings. The summed E-state index contributed by atoms with van der Waals surface area (Å²) in [4.78, 5) is 0. The fourth-order valence-corrected chi connectivity index (χ4v) is 8.68. The summed E-state index contributed by atoms with van der Waals surface area (Å²) in [5, 5.41) is 10.5. The fraction of sp³-hybridized carbons (Fsp3) is 1.00. The Balaban J connectivity index is 1.44. The Labute approximate surface area is 140 Å². The predicted octanol–water partition coefficient (Wildman–Crippen LogP) is 4.88. The molecule has 0 radical (unpaired) electrons. The minimum absolute atomic E-state index is 0.0125. The first-order valence-corrected chi connectivity index (χ1v) is 10.8. The van der Waals surface area contributed by atoms with Crippen LogP contribution in [0, 0.1) is 34.5 Å². The average molecular weight is 321 g/mol. The molecule has 4 saturated carbocycles. The molecule has 0 aromatic carbocycles. The maximum Gasteiger partial charge on any atom is 0.0596 e. The standard InChI is InChI=1S/C20H32OS/c1-18-9-10-20(12-22-20)11-13(18)3-4-14-15-5-6-17(21)19(15,2)8-7-16(14)18/h13-17,21H,3-12H2,1-2H3/t13-,14+,15+,16+,17-,18+,19+,20-/m1/s1. The molecule has 1 saturated heterocycles. The summed E-state index contributed by atoms with van der Waals surface area (Å²) in [5.41, 5.74) is 0.888. The van der Waals surface area contributed by atoms with Crippen LogP contribution < -0.4 is 0 Å². The van der Waals surface area contributed by atoms with Crippen LogP contribution in [0.1, 0.15) is 71.6 Å². The van der Waals surface area contributed by atoms with Gasteiger partial charge in [-0.15, -0.1) is 0 Å². The van der Waals surface area contributed by atoms with Crippen LogP contribution in [0.3, 0.4) is 0 Å². The Bertz CT molecular complexity index is 486. The van der Waals surface area contributed by atoms with E-state index < -0.39 is 0 Å². The lowest BCUT2D eigenvalue weighted by atomic mass is 9.44. The maximum atomic E-state index is 10.5. The molecule has 22 heavy (non-hydrogen) atoms. The van der Waals surface area contributed by atoms with Crippen molar-refractivity contribution in [1.29, 1.82) is 0 Å². The lowest BCUT2D eigenvalue weighted by molar-refractivity contribution is -0.122. The van der Waals surface area contributed by atoms with Crippen LogP contribution in [0.2, 0.25) is 0 Å². The molecule has 0 aromatic heterocycles. The Morgan fingerprint density at radius 3 is 2.41 bits per heavy atom. The van der Waals surface area contributed by atoms with Gasteiger partial charge in [-0.25, -0.2) is 0 Å². The van der Waals surface area contributed by atoms with E-state index in [4.69, 9.17) is 0 Å². The SMILES string of the molecule is C[C@]12CC[C@]3(CS3)C[C@H]1CC[C@@H]1[C@@H]2CC[C@]2(C)[C@H](O)CC[C@@H]12. The Kier molecular flexibility index (Phi) is 2.98. The van der Waals surface area contributed by atoms with E-state index in [1.807, 2.05) is 0 Å². The molecule has 1 spiro atoms. The zero-order valence-corrected chi connectivity index (χ0v) is 15.1. The highest BCUT2D eigenvalue weighted by Gasteiger charge is 2.62. The van der Waals surface area contributed by atoms with E-state index in [1.54, 1.807) is 0 Å². The molecule has 0 unspecified atom stereocenters. The van der Waals surface area contributed by atoms with Crippen LogP contribution in [0.25, 0.3) is 0 Å². The van der Waals surface area contributed by atoms with Crippen LogP contribution in [0.15, 0.2) is 0 Å². The first kappa shape index (κ1) is 14.6. The summed E-state index contributed by atoms with van der Waals surface area (Å²) in [7, 11) is 0. The zero-order valence-electron chi connectivity index (χ0n) is 14.3. The van der Waals surface area contributed by atoms with Crippen LogP contribution >= 0.6 is 11.8 Å². The molecule has 0 bridgehead atoms. The molecule has 1 heterocycles. The molecular formula is C20H32OS. The molecule has 0 aromatic rings. The van der Waals surface area contributed by atoms with Crippen molar-refractivity contribution in [3.8, 4) is 0 Å². The second-order valence-electron chi connectivity index (χ2n) is 9.97. The van der Waals surface area contributed by atoms with E-state index in [0.717, 1.165) is 34.8 Å². The van der Waals surface area contributed by atoms with Gasteiger partial charge in [0.05, 0.1) is 6.10 Å². The highest BCUT2D eigenvalue weighted by molar-refractivity contribution is 8.07. The number of hydrogen-bond donors (Lipinski definition) is 1. The van der Waals surface area contributed by atoms with Crippen LogP contribution in [0.5, 0.6) is 0 Å². The van der Waals surface area contributed by atoms with Gasteiger partial charge in [0, 0.05) is 10.5 Å². The number of aliphatic hydroxyl groups excluding tert-OH is 1. The van der Waals surface area contributed by atoms with Gasteiger partial charge in [0.2, 0.25) is 0 Å². The molecule has 124 valence electrons. The lowest BCUT2D eigenvalue weighted by Crippen LogP contribution is -2.54. The Morgan fingerprint density at radius 2 is 1.64 bits per heavy atom. The molecular weight excluding hydrogens is 288 g/mol. The fourth-order valence-electron chi connectivity index (χ4n) is 7.64. The van der Waals surface area contributed by atoms with E-state index in [1.165, 1.54) is 57.1 Å². The second kappa shape index (κ2) is 4.48. The summed E-state index contributed by atoms with van der Waals surface area (Å²) in [5.74, 6) is 5.19. The van der Waals surface area contributed by atoms with E-state index in [0.29, 0.717) is 5.41 Å². The molecule has 1 aliphatic heterocycles. The molecule has 5 rings (SSSR count). The number of thioether (sulfide) groups is 1. The molecule has 1 N–H and O–H groups in total. The van der Waals surface area contributed by atoms with Gasteiger partial charge in [-0.2, -0.15) is 11.8 Å². The van der Waals surface area contributed by atoms with Gasteiger partial charge in [0.25, 0.3) is 0 Å². The van der Waals surface area contributed by atoms with Gasteiger partial charge < -0.3 is 5.11 Å². The summed E-state index contributed by atoms with van der Waals surface area (Å²) < 4.78 is 0.740. The van der Waals surface area contributed by atoms with E-state index in [-0.39, 0.29) is 11.5 Å². The molecule has 5 fully saturated rings. The summed E-state index contributed by atoms with van der Waals surface area (Å²) in [6.07, 6.45) is 12.6. The molecule has 1 nitrogen and oxygen atoms in total. The summed E-state index contributed by atoms with van der Waals surface area (Å²) in [6.45, 7) is 5.08. The first-order valence-electron chi connectivity index (χ1n) is 9.79. The van der Waals surface area contributed by atoms with E-state index in [2.05, 4.69) is 25.6 Å². The highest BCUT2D eigenvalue weighted by Crippen LogP contribution is 2.69. The van der Waals surface area contributed by atoms with Gasteiger partial charge in [-0.3, -0.25) is 0 Å². The molecule has 4 aliphatic carbocycles. The third-order valence-electron chi connectivity index (χ3n) is 9.31. The van der Waals surface area contributed by atoms with Crippen LogP contribution in [0.4, 0.5) is 0 Å². The highest BCUT2D eigenvalue weighted by atomic mass is 32.2. The lowest BCUT2D eigenvalue weighted by Gasteiger charge is -2.61. The van der Waals surface area contributed by atoms with Gasteiger partial charge >= 0.3 is 0 Å². The van der Waals surface area contributed by atoms with Crippen molar-refractivity contribution in [1.82, 2.24) is 0 Å². The number of aliphatic hydroxyl groups is 1. The minimum Gasteiger partial charge on any atom is -0.393 e.